The van der Waals surface area contributed by atoms with Crippen molar-refractivity contribution in [1.82, 2.24) is 9.97 Å². The molecule has 2 unspecified atom stereocenters. The zero-order chi connectivity index (χ0) is 25.6. The summed E-state index contributed by atoms with van der Waals surface area (Å²) in [5.41, 5.74) is 4.97. The van der Waals surface area contributed by atoms with Crippen LogP contribution in [0.5, 0.6) is 0 Å². The molecule has 0 spiro atoms. The Labute approximate surface area is 207 Å². The highest BCUT2D eigenvalue weighted by atomic mass is 35.5. The molecule has 1 aromatic carbocycles. The van der Waals surface area contributed by atoms with E-state index in [1.54, 1.807) is 12.1 Å². The molecule has 0 radical (unpaired) electrons. The summed E-state index contributed by atoms with van der Waals surface area (Å²) in [7, 11) is -3.83. The number of rotatable bonds is 6. The normalized spacial score (nSPS) is 23.8. The molecule has 0 fully saturated rings. The van der Waals surface area contributed by atoms with Gasteiger partial charge in [0.15, 0.2) is 27.3 Å². The number of nitrogens with zero attached hydrogens (tertiary/aromatic N) is 3. The lowest BCUT2D eigenvalue weighted by Gasteiger charge is -2.40. The van der Waals surface area contributed by atoms with Crippen LogP contribution in [0.25, 0.3) is 10.9 Å². The number of nitrogens with two attached hydrogens (primary N) is 1. The standard InChI is InChI=1S/C24H26ClF2N5O2S/c1-4-5-7-24(3)22(28)32-23(2,13-35(24,33)34)17-10-16(11-18(26)19(17)27)31-21-20-14(6-8-29-21)9-15(25)12-30-20/h6,8-12H,4-5,7,13H2,1-3H3,(H2,28,32)(H,29,31). The highest BCUT2D eigenvalue weighted by Gasteiger charge is 2.52. The Balaban J connectivity index is 1.79. The van der Waals surface area contributed by atoms with Crippen LogP contribution in [0.15, 0.2) is 41.7 Å². The highest BCUT2D eigenvalue weighted by Crippen LogP contribution is 2.41. The SMILES string of the molecule is CCCCC1(C)C(N)=NC(C)(c2cc(Nc3nccc4cc(Cl)cnc34)cc(F)c2F)CS1(=O)=O. The predicted molar refractivity (Wildman–Crippen MR) is 135 cm³/mol. The Morgan fingerprint density at radius 2 is 1.94 bits per heavy atom. The van der Waals surface area contributed by atoms with Crippen molar-refractivity contribution in [3.8, 4) is 0 Å². The molecule has 1 aliphatic rings. The van der Waals surface area contributed by atoms with E-state index in [0.717, 1.165) is 12.5 Å². The first-order chi connectivity index (χ1) is 16.4. The molecule has 0 aliphatic carbocycles. The number of hydrogen-bond acceptors (Lipinski definition) is 7. The molecule has 2 aromatic heterocycles. The van der Waals surface area contributed by atoms with Crippen LogP contribution in [0.1, 0.15) is 45.6 Å². The van der Waals surface area contributed by atoms with Crippen molar-refractivity contribution in [3.05, 3.63) is 58.9 Å². The molecular weight excluding hydrogens is 496 g/mol. The zero-order valence-corrected chi connectivity index (χ0v) is 21.1. The number of halogens is 3. The van der Waals surface area contributed by atoms with Crippen LogP contribution in [0.2, 0.25) is 5.02 Å². The molecule has 0 saturated heterocycles. The number of nitrogens with one attached hydrogen (secondary N) is 1. The number of amidine groups is 1. The van der Waals surface area contributed by atoms with Gasteiger partial charge in [0.05, 0.1) is 10.8 Å². The summed E-state index contributed by atoms with van der Waals surface area (Å²) in [4.78, 5) is 13.0. The van der Waals surface area contributed by atoms with E-state index in [4.69, 9.17) is 17.3 Å². The van der Waals surface area contributed by atoms with Crippen LogP contribution in [0.4, 0.5) is 20.3 Å². The molecule has 3 aromatic rings. The molecule has 3 N–H and O–H groups in total. The Bertz CT molecular complexity index is 1450. The topological polar surface area (TPSA) is 110 Å². The lowest BCUT2D eigenvalue weighted by atomic mass is 9.91. The Morgan fingerprint density at radius 3 is 2.63 bits per heavy atom. The molecule has 3 heterocycles. The number of sulfone groups is 1. The molecule has 11 heteroatoms. The molecular formula is C24H26ClF2N5O2S. The predicted octanol–water partition coefficient (Wildman–Crippen LogP) is 5.25. The fourth-order valence-electron chi connectivity index (χ4n) is 4.36. The van der Waals surface area contributed by atoms with Gasteiger partial charge in [0, 0.05) is 35.1 Å². The molecule has 0 saturated carbocycles. The summed E-state index contributed by atoms with van der Waals surface area (Å²) in [6.45, 7) is 4.93. The Kier molecular flexibility index (Phi) is 6.48. The highest BCUT2D eigenvalue weighted by molar-refractivity contribution is 7.93. The third-order valence-electron chi connectivity index (χ3n) is 6.51. The van der Waals surface area contributed by atoms with Crippen LogP contribution in [0.3, 0.4) is 0 Å². The van der Waals surface area contributed by atoms with Crippen molar-refractivity contribution in [2.45, 2.75) is 50.3 Å². The monoisotopic (exact) mass is 521 g/mol. The number of anilines is 2. The van der Waals surface area contributed by atoms with Crippen LogP contribution in [-0.4, -0.2) is 34.7 Å². The van der Waals surface area contributed by atoms with E-state index in [2.05, 4.69) is 20.3 Å². The van der Waals surface area contributed by atoms with Crippen molar-refractivity contribution >= 4 is 49.7 Å². The molecule has 4 rings (SSSR count). The minimum absolute atomic E-state index is 0.102. The van der Waals surface area contributed by atoms with Crippen LogP contribution >= 0.6 is 11.6 Å². The van der Waals surface area contributed by atoms with Gasteiger partial charge in [-0.25, -0.2) is 22.2 Å². The first-order valence-electron chi connectivity index (χ1n) is 11.1. The lowest BCUT2D eigenvalue weighted by Crippen LogP contribution is -2.56. The maximum atomic E-state index is 15.1. The van der Waals surface area contributed by atoms with Crippen LogP contribution in [-0.2, 0) is 15.4 Å². The van der Waals surface area contributed by atoms with E-state index in [1.165, 1.54) is 32.3 Å². The number of aliphatic imine (C=N–C) groups is 1. The van der Waals surface area contributed by atoms with E-state index < -0.39 is 37.5 Å². The smallest absolute Gasteiger partial charge is 0.165 e. The van der Waals surface area contributed by atoms with Gasteiger partial charge in [0.2, 0.25) is 0 Å². The summed E-state index contributed by atoms with van der Waals surface area (Å²) in [6, 6.07) is 5.72. The van der Waals surface area contributed by atoms with E-state index in [-0.39, 0.29) is 17.1 Å². The molecule has 0 amide bonds. The fraction of sp³-hybridized carbons (Fsp3) is 0.375. The third kappa shape index (κ3) is 4.45. The van der Waals surface area contributed by atoms with Gasteiger partial charge < -0.3 is 11.1 Å². The van der Waals surface area contributed by atoms with Gasteiger partial charge in [0.1, 0.15) is 21.6 Å². The van der Waals surface area contributed by atoms with Gasteiger partial charge in [-0.15, -0.1) is 0 Å². The lowest BCUT2D eigenvalue weighted by molar-refractivity contribution is 0.440. The molecule has 35 heavy (non-hydrogen) atoms. The fourth-order valence-corrected chi connectivity index (χ4v) is 6.62. The molecule has 2 atom stereocenters. The van der Waals surface area contributed by atoms with E-state index >= 15 is 4.39 Å². The average Bonchev–Trinajstić information content (AvgIpc) is 2.78. The number of benzene rings is 1. The van der Waals surface area contributed by atoms with Gasteiger partial charge in [-0.3, -0.25) is 9.98 Å². The maximum Gasteiger partial charge on any atom is 0.165 e. The molecule has 1 aliphatic heterocycles. The first kappa shape index (κ1) is 25.2. The van der Waals surface area contributed by atoms with Crippen molar-refractivity contribution in [2.24, 2.45) is 10.7 Å². The summed E-state index contributed by atoms with van der Waals surface area (Å²) < 4.78 is 55.1. The third-order valence-corrected chi connectivity index (χ3v) is 9.45. The van der Waals surface area contributed by atoms with Crippen molar-refractivity contribution in [2.75, 3.05) is 11.1 Å². The van der Waals surface area contributed by atoms with Gasteiger partial charge in [-0.05, 0) is 38.5 Å². The zero-order valence-electron chi connectivity index (χ0n) is 19.6. The van der Waals surface area contributed by atoms with Crippen molar-refractivity contribution < 1.29 is 17.2 Å². The number of hydrogen-bond donors (Lipinski definition) is 2. The molecule has 7 nitrogen and oxygen atoms in total. The largest absolute Gasteiger partial charge is 0.386 e. The number of unbranched alkanes of at least 4 members (excludes halogenated alkanes) is 1. The van der Waals surface area contributed by atoms with Crippen LogP contribution in [0, 0.1) is 11.6 Å². The first-order valence-corrected chi connectivity index (χ1v) is 13.2. The van der Waals surface area contributed by atoms with Crippen LogP contribution < -0.4 is 11.1 Å². The van der Waals surface area contributed by atoms with Crippen molar-refractivity contribution in [1.29, 1.82) is 0 Å². The van der Waals surface area contributed by atoms with E-state index in [0.29, 0.717) is 34.6 Å². The minimum atomic E-state index is -3.83. The second-order valence-electron chi connectivity index (χ2n) is 9.19. The maximum absolute atomic E-state index is 15.1. The van der Waals surface area contributed by atoms with E-state index in [9.17, 15) is 12.8 Å². The van der Waals surface area contributed by atoms with Gasteiger partial charge >= 0.3 is 0 Å². The Hall–Kier alpha value is -2.85. The van der Waals surface area contributed by atoms with Gasteiger partial charge in [0.25, 0.3) is 0 Å². The summed E-state index contributed by atoms with van der Waals surface area (Å²) in [6.07, 6.45) is 4.71. The van der Waals surface area contributed by atoms with Gasteiger partial charge in [-0.1, -0.05) is 31.4 Å². The number of fused-ring (bicyclic) bond motifs is 1. The van der Waals surface area contributed by atoms with Crippen molar-refractivity contribution in [3.63, 3.8) is 0 Å². The van der Waals surface area contributed by atoms with Gasteiger partial charge in [-0.2, -0.15) is 0 Å². The average molecular weight is 522 g/mol. The number of aromatic nitrogens is 2. The summed E-state index contributed by atoms with van der Waals surface area (Å²) in [5, 5.41) is 4.10. The molecule has 186 valence electrons. The molecule has 0 bridgehead atoms. The summed E-state index contributed by atoms with van der Waals surface area (Å²) >= 11 is 6.01. The second-order valence-corrected chi connectivity index (χ2v) is 12.0. The minimum Gasteiger partial charge on any atom is -0.386 e. The Morgan fingerprint density at radius 1 is 1.20 bits per heavy atom. The quantitative estimate of drug-likeness (QED) is 0.458. The number of pyridine rings is 2. The second kappa shape index (κ2) is 8.98. The summed E-state index contributed by atoms with van der Waals surface area (Å²) in [5.74, 6) is -2.65. The van der Waals surface area contributed by atoms with E-state index in [1.807, 2.05) is 6.92 Å².